The van der Waals surface area contributed by atoms with E-state index in [9.17, 15) is 13.6 Å². The van der Waals surface area contributed by atoms with Crippen LogP contribution in [0.25, 0.3) is 11.1 Å². The second kappa shape index (κ2) is 5.60. The minimum absolute atomic E-state index is 0.126. The van der Waals surface area contributed by atoms with Crippen molar-refractivity contribution in [2.45, 2.75) is 13.5 Å². The molecule has 0 fully saturated rings. The number of aromatic nitrogens is 2. The highest BCUT2D eigenvalue weighted by atomic mass is 19.3. The molecule has 0 aliphatic rings. The van der Waals surface area contributed by atoms with E-state index < -0.39 is 12.5 Å². The average molecular weight is 279 g/mol. The maximum atomic E-state index is 12.4. The summed E-state index contributed by atoms with van der Waals surface area (Å²) in [5.41, 5.74) is 6.69. The number of primary amides is 1. The fourth-order valence-corrected chi connectivity index (χ4v) is 1.77. The third-order valence-electron chi connectivity index (χ3n) is 2.60. The lowest BCUT2D eigenvalue weighted by Crippen LogP contribution is -2.13. The number of carbonyl (C=O) groups excluding carboxylic acids is 1. The van der Waals surface area contributed by atoms with E-state index in [0.717, 1.165) is 6.20 Å². The van der Waals surface area contributed by atoms with Crippen LogP contribution in [0.15, 0.2) is 30.7 Å². The first-order valence-electron chi connectivity index (χ1n) is 5.64. The number of nitrogens with two attached hydrogens (primary N) is 1. The molecule has 0 radical (unpaired) electrons. The molecule has 7 heteroatoms. The van der Waals surface area contributed by atoms with Crippen molar-refractivity contribution >= 4 is 5.91 Å². The Balaban J connectivity index is 2.62. The maximum Gasteiger partial charge on any atom is 0.387 e. The van der Waals surface area contributed by atoms with Crippen molar-refractivity contribution in [3.8, 4) is 16.9 Å². The third-order valence-corrected chi connectivity index (χ3v) is 2.60. The van der Waals surface area contributed by atoms with Gasteiger partial charge in [-0.25, -0.2) is 0 Å². The molecule has 20 heavy (non-hydrogen) atoms. The maximum absolute atomic E-state index is 12.4. The third kappa shape index (κ3) is 2.87. The number of hydrogen-bond donors (Lipinski definition) is 1. The quantitative estimate of drug-likeness (QED) is 0.930. The lowest BCUT2D eigenvalue weighted by atomic mass is 10.0. The predicted octanol–water partition coefficient (Wildman–Crippen LogP) is 2.15. The minimum atomic E-state index is -2.99. The van der Waals surface area contributed by atoms with Crippen molar-refractivity contribution in [1.29, 1.82) is 0 Å². The number of carbonyl (C=O) groups is 1. The zero-order chi connectivity index (χ0) is 14.7. The van der Waals surface area contributed by atoms with Crippen LogP contribution in [0.2, 0.25) is 0 Å². The Bertz CT molecular complexity index is 647. The van der Waals surface area contributed by atoms with Crippen LogP contribution in [0, 0.1) is 6.92 Å². The number of amides is 1. The van der Waals surface area contributed by atoms with Gasteiger partial charge in [0.1, 0.15) is 0 Å². The normalized spacial score (nSPS) is 10.6. The van der Waals surface area contributed by atoms with Gasteiger partial charge in [0.25, 0.3) is 5.91 Å². The number of pyridine rings is 2. The number of aryl methyl sites for hydroxylation is 1. The van der Waals surface area contributed by atoms with E-state index in [4.69, 9.17) is 5.73 Å². The number of rotatable bonds is 4. The predicted molar refractivity (Wildman–Crippen MR) is 67.4 cm³/mol. The van der Waals surface area contributed by atoms with Crippen LogP contribution in [0.5, 0.6) is 5.75 Å². The van der Waals surface area contributed by atoms with Gasteiger partial charge in [-0.15, -0.1) is 0 Å². The van der Waals surface area contributed by atoms with Crippen molar-refractivity contribution in [2.75, 3.05) is 0 Å². The fraction of sp³-hybridized carbons (Fsp3) is 0.154. The Morgan fingerprint density at radius 1 is 1.35 bits per heavy atom. The molecule has 0 aromatic carbocycles. The van der Waals surface area contributed by atoms with Crippen LogP contribution in [0.4, 0.5) is 8.78 Å². The van der Waals surface area contributed by atoms with Gasteiger partial charge in [0.2, 0.25) is 0 Å². The van der Waals surface area contributed by atoms with Gasteiger partial charge >= 0.3 is 6.61 Å². The first-order valence-corrected chi connectivity index (χ1v) is 5.64. The van der Waals surface area contributed by atoms with Crippen LogP contribution in [0.3, 0.4) is 0 Å². The Kier molecular flexibility index (Phi) is 3.88. The summed E-state index contributed by atoms with van der Waals surface area (Å²) in [7, 11) is 0. The van der Waals surface area contributed by atoms with Crippen molar-refractivity contribution in [1.82, 2.24) is 9.97 Å². The molecule has 0 spiro atoms. The molecule has 0 unspecified atom stereocenters. The molecular formula is C13H11F2N3O2. The van der Waals surface area contributed by atoms with Gasteiger partial charge in [-0.05, 0) is 19.1 Å². The number of halogens is 2. The van der Waals surface area contributed by atoms with Crippen molar-refractivity contribution in [3.63, 3.8) is 0 Å². The lowest BCUT2D eigenvalue weighted by molar-refractivity contribution is -0.0496. The first-order chi connectivity index (χ1) is 9.49. The van der Waals surface area contributed by atoms with Crippen molar-refractivity contribution in [2.24, 2.45) is 5.73 Å². The standard InChI is InChI=1S/C13H11F2N3O2/c1-7-4-9(10(5-18-7)12(16)19)8-2-3-17-6-11(8)20-13(14)15/h2-6,13H,1H3,(H2,16,19). The molecule has 2 heterocycles. The minimum Gasteiger partial charge on any atom is -0.433 e. The SMILES string of the molecule is Cc1cc(-c2ccncc2OC(F)F)c(C(N)=O)cn1. The molecule has 0 atom stereocenters. The molecule has 104 valence electrons. The molecule has 2 N–H and O–H groups in total. The molecule has 5 nitrogen and oxygen atoms in total. The summed E-state index contributed by atoms with van der Waals surface area (Å²) < 4.78 is 29.2. The van der Waals surface area contributed by atoms with Gasteiger partial charge in [0.05, 0.1) is 11.8 Å². The summed E-state index contributed by atoms with van der Waals surface area (Å²) in [6, 6.07) is 3.05. The van der Waals surface area contributed by atoms with Gasteiger partial charge < -0.3 is 10.5 Å². The second-order valence-electron chi connectivity index (χ2n) is 3.99. The molecule has 2 rings (SSSR count). The van der Waals surface area contributed by atoms with E-state index in [1.54, 1.807) is 13.0 Å². The molecule has 0 bridgehead atoms. The Labute approximate surface area is 113 Å². The zero-order valence-electron chi connectivity index (χ0n) is 10.5. The van der Waals surface area contributed by atoms with Crippen LogP contribution in [-0.2, 0) is 0 Å². The van der Waals surface area contributed by atoms with Crippen LogP contribution >= 0.6 is 0 Å². The van der Waals surface area contributed by atoms with E-state index in [1.165, 1.54) is 18.5 Å². The fourth-order valence-electron chi connectivity index (χ4n) is 1.77. The van der Waals surface area contributed by atoms with Gasteiger partial charge in [-0.2, -0.15) is 8.78 Å². The van der Waals surface area contributed by atoms with Crippen LogP contribution in [-0.4, -0.2) is 22.5 Å². The molecule has 0 saturated heterocycles. The summed E-state index contributed by atoms with van der Waals surface area (Å²) in [5.74, 6) is -0.831. The number of ether oxygens (including phenoxy) is 1. The molecular weight excluding hydrogens is 268 g/mol. The molecule has 1 amide bonds. The topological polar surface area (TPSA) is 78.1 Å². The zero-order valence-corrected chi connectivity index (χ0v) is 10.5. The second-order valence-corrected chi connectivity index (χ2v) is 3.99. The molecule has 0 aliphatic carbocycles. The molecule has 2 aromatic heterocycles. The summed E-state index contributed by atoms with van der Waals surface area (Å²) in [6.45, 7) is -1.28. The summed E-state index contributed by atoms with van der Waals surface area (Å²) in [4.78, 5) is 19.1. The van der Waals surface area contributed by atoms with Crippen molar-refractivity contribution in [3.05, 3.63) is 42.0 Å². The van der Waals surface area contributed by atoms with Crippen LogP contribution < -0.4 is 10.5 Å². The summed E-state index contributed by atoms with van der Waals surface area (Å²) >= 11 is 0. The van der Waals surface area contributed by atoms with E-state index in [-0.39, 0.29) is 11.3 Å². The largest absolute Gasteiger partial charge is 0.433 e. The highest BCUT2D eigenvalue weighted by Gasteiger charge is 2.17. The van der Waals surface area contributed by atoms with Gasteiger partial charge in [-0.1, -0.05) is 0 Å². The highest BCUT2D eigenvalue weighted by molar-refractivity contribution is 6.00. The van der Waals surface area contributed by atoms with E-state index >= 15 is 0 Å². The molecule has 2 aromatic rings. The van der Waals surface area contributed by atoms with Gasteiger partial charge in [-0.3, -0.25) is 14.8 Å². The monoisotopic (exact) mass is 279 g/mol. The molecule has 0 saturated carbocycles. The van der Waals surface area contributed by atoms with Crippen LogP contribution in [0.1, 0.15) is 16.1 Å². The Morgan fingerprint density at radius 3 is 2.75 bits per heavy atom. The summed E-state index contributed by atoms with van der Waals surface area (Å²) in [6.07, 6.45) is 3.87. The number of nitrogens with zero attached hydrogens (tertiary/aromatic N) is 2. The molecule has 0 aliphatic heterocycles. The average Bonchev–Trinajstić information content (AvgIpc) is 2.38. The number of alkyl halides is 2. The lowest BCUT2D eigenvalue weighted by Gasteiger charge is -2.12. The number of hydrogen-bond acceptors (Lipinski definition) is 4. The van der Waals surface area contributed by atoms with Gasteiger partial charge in [0.15, 0.2) is 5.75 Å². The van der Waals surface area contributed by atoms with Gasteiger partial charge in [0, 0.05) is 29.2 Å². The van der Waals surface area contributed by atoms with Crippen molar-refractivity contribution < 1.29 is 18.3 Å². The Morgan fingerprint density at radius 2 is 2.10 bits per heavy atom. The Hall–Kier alpha value is -2.57. The van der Waals surface area contributed by atoms with E-state index in [2.05, 4.69) is 14.7 Å². The van der Waals surface area contributed by atoms with E-state index in [0.29, 0.717) is 16.8 Å². The first kappa shape index (κ1) is 13.9. The smallest absolute Gasteiger partial charge is 0.387 e. The van der Waals surface area contributed by atoms with E-state index in [1.807, 2.05) is 0 Å². The summed E-state index contributed by atoms with van der Waals surface area (Å²) in [5, 5.41) is 0. The highest BCUT2D eigenvalue weighted by Crippen LogP contribution is 2.32.